The summed E-state index contributed by atoms with van der Waals surface area (Å²) in [5.41, 5.74) is 6.95. The average molecular weight is 195 g/mol. The van der Waals surface area contributed by atoms with Gasteiger partial charge in [0.15, 0.2) is 0 Å². The predicted molar refractivity (Wildman–Crippen MR) is 51.2 cm³/mol. The van der Waals surface area contributed by atoms with Crippen molar-refractivity contribution in [2.24, 2.45) is 0 Å². The van der Waals surface area contributed by atoms with Crippen LogP contribution in [0.3, 0.4) is 0 Å². The number of pyridine rings is 1. The molecule has 2 aromatic heterocycles. The number of hydrogen-bond acceptors (Lipinski definition) is 3. The summed E-state index contributed by atoms with van der Waals surface area (Å²) in [7, 11) is 0. The van der Waals surface area contributed by atoms with Gasteiger partial charge in [0, 0.05) is 6.07 Å². The molecule has 0 aromatic carbocycles. The molecule has 0 saturated carbocycles. The van der Waals surface area contributed by atoms with E-state index in [1.807, 2.05) is 12.1 Å². The molecule has 13 heavy (non-hydrogen) atoms. The van der Waals surface area contributed by atoms with Crippen molar-refractivity contribution < 1.29 is 0 Å². The second kappa shape index (κ2) is 3.06. The number of hydrogen-bond donors (Lipinski definition) is 2. The minimum Gasteiger partial charge on any atom is -0.382 e. The van der Waals surface area contributed by atoms with Crippen molar-refractivity contribution in [3.63, 3.8) is 0 Å². The van der Waals surface area contributed by atoms with Gasteiger partial charge in [0.25, 0.3) is 0 Å². The summed E-state index contributed by atoms with van der Waals surface area (Å²) < 4.78 is 0. The number of nitrogen functional groups attached to an aromatic ring is 1. The van der Waals surface area contributed by atoms with Crippen LogP contribution in [-0.4, -0.2) is 15.2 Å². The maximum atomic E-state index is 5.72. The minimum atomic E-state index is 0.441. The van der Waals surface area contributed by atoms with Gasteiger partial charge in [-0.1, -0.05) is 17.7 Å². The van der Waals surface area contributed by atoms with Crippen LogP contribution in [0.5, 0.6) is 0 Å². The fourth-order valence-corrected chi connectivity index (χ4v) is 1.19. The standard InChI is InChI=1S/C8H7ClN4/c9-7-3-1-2-5(11-7)6-4-8(10)13-12-6/h1-4H,(H3,10,12,13). The maximum Gasteiger partial charge on any atom is 0.145 e. The molecule has 0 saturated heterocycles. The number of anilines is 1. The lowest BCUT2D eigenvalue weighted by atomic mass is 10.3. The molecule has 2 aromatic rings. The van der Waals surface area contributed by atoms with Crippen LogP contribution in [0.1, 0.15) is 0 Å². The third-order valence-electron chi connectivity index (χ3n) is 1.59. The zero-order chi connectivity index (χ0) is 9.26. The lowest BCUT2D eigenvalue weighted by Gasteiger charge is -1.95. The summed E-state index contributed by atoms with van der Waals surface area (Å²) in [6.45, 7) is 0. The first kappa shape index (κ1) is 8.07. The van der Waals surface area contributed by atoms with Crippen molar-refractivity contribution in [3.05, 3.63) is 29.4 Å². The smallest absolute Gasteiger partial charge is 0.145 e. The molecule has 3 N–H and O–H groups in total. The molecule has 0 atom stereocenters. The number of halogens is 1. The molecule has 0 spiro atoms. The Bertz CT molecular complexity index is 424. The Morgan fingerprint density at radius 2 is 2.23 bits per heavy atom. The molecule has 0 bridgehead atoms. The molecule has 0 fully saturated rings. The Labute approximate surface area is 79.7 Å². The maximum absolute atomic E-state index is 5.72. The first-order valence-electron chi connectivity index (χ1n) is 3.69. The Morgan fingerprint density at radius 1 is 1.38 bits per heavy atom. The molecule has 2 heterocycles. The average Bonchev–Trinajstić information content (AvgIpc) is 2.52. The Balaban J connectivity index is 2.46. The van der Waals surface area contributed by atoms with Crippen molar-refractivity contribution in [1.82, 2.24) is 15.2 Å². The van der Waals surface area contributed by atoms with Crippen LogP contribution in [0, 0.1) is 0 Å². The van der Waals surface area contributed by atoms with Crippen molar-refractivity contribution in [3.8, 4) is 11.4 Å². The molecule has 5 heteroatoms. The highest BCUT2D eigenvalue weighted by molar-refractivity contribution is 6.29. The van der Waals surface area contributed by atoms with E-state index in [1.165, 1.54) is 0 Å². The number of aromatic amines is 1. The second-order valence-electron chi connectivity index (χ2n) is 2.55. The van der Waals surface area contributed by atoms with E-state index in [2.05, 4.69) is 15.2 Å². The number of nitrogens with zero attached hydrogens (tertiary/aromatic N) is 2. The van der Waals surface area contributed by atoms with Crippen LogP contribution in [-0.2, 0) is 0 Å². The van der Waals surface area contributed by atoms with Crippen LogP contribution >= 0.6 is 11.6 Å². The van der Waals surface area contributed by atoms with E-state index >= 15 is 0 Å². The molecular weight excluding hydrogens is 188 g/mol. The summed E-state index contributed by atoms with van der Waals surface area (Å²) >= 11 is 5.72. The number of aromatic nitrogens is 3. The highest BCUT2D eigenvalue weighted by Gasteiger charge is 2.02. The molecule has 0 aliphatic heterocycles. The minimum absolute atomic E-state index is 0.441. The normalized spacial score (nSPS) is 10.2. The van der Waals surface area contributed by atoms with Crippen LogP contribution in [0.25, 0.3) is 11.4 Å². The molecule has 0 aliphatic rings. The molecule has 66 valence electrons. The highest BCUT2D eigenvalue weighted by Crippen LogP contribution is 2.17. The largest absolute Gasteiger partial charge is 0.382 e. The number of rotatable bonds is 1. The molecule has 2 rings (SSSR count). The zero-order valence-electron chi connectivity index (χ0n) is 6.66. The van der Waals surface area contributed by atoms with Crippen LogP contribution in [0.4, 0.5) is 5.82 Å². The van der Waals surface area contributed by atoms with Gasteiger partial charge in [-0.3, -0.25) is 5.10 Å². The first-order valence-corrected chi connectivity index (χ1v) is 4.07. The molecule has 0 radical (unpaired) electrons. The molecule has 0 aliphatic carbocycles. The Kier molecular flexibility index (Phi) is 1.90. The fourth-order valence-electron chi connectivity index (χ4n) is 1.03. The van der Waals surface area contributed by atoms with E-state index in [0.29, 0.717) is 11.0 Å². The topological polar surface area (TPSA) is 67.6 Å². The van der Waals surface area contributed by atoms with Gasteiger partial charge >= 0.3 is 0 Å². The monoisotopic (exact) mass is 194 g/mol. The quantitative estimate of drug-likeness (QED) is 0.679. The van der Waals surface area contributed by atoms with E-state index in [9.17, 15) is 0 Å². The third-order valence-corrected chi connectivity index (χ3v) is 1.80. The van der Waals surface area contributed by atoms with Crippen molar-refractivity contribution in [1.29, 1.82) is 0 Å². The van der Waals surface area contributed by atoms with Gasteiger partial charge in [0.1, 0.15) is 11.0 Å². The summed E-state index contributed by atoms with van der Waals surface area (Å²) in [5.74, 6) is 0.441. The number of nitrogens with two attached hydrogens (primary N) is 1. The molecule has 0 amide bonds. The van der Waals surface area contributed by atoms with Crippen molar-refractivity contribution in [2.45, 2.75) is 0 Å². The van der Waals surface area contributed by atoms with Crippen LogP contribution in [0.2, 0.25) is 5.15 Å². The van der Waals surface area contributed by atoms with E-state index in [1.54, 1.807) is 12.1 Å². The Morgan fingerprint density at radius 3 is 2.85 bits per heavy atom. The molecule has 4 nitrogen and oxygen atoms in total. The van der Waals surface area contributed by atoms with Crippen molar-refractivity contribution >= 4 is 17.4 Å². The van der Waals surface area contributed by atoms with E-state index in [4.69, 9.17) is 17.3 Å². The van der Waals surface area contributed by atoms with Gasteiger partial charge < -0.3 is 5.73 Å². The van der Waals surface area contributed by atoms with Gasteiger partial charge in [-0.2, -0.15) is 5.10 Å². The van der Waals surface area contributed by atoms with Gasteiger partial charge in [0.2, 0.25) is 0 Å². The zero-order valence-corrected chi connectivity index (χ0v) is 7.42. The van der Waals surface area contributed by atoms with Gasteiger partial charge in [-0.05, 0) is 12.1 Å². The summed E-state index contributed by atoms with van der Waals surface area (Å²) in [6, 6.07) is 7.07. The summed E-state index contributed by atoms with van der Waals surface area (Å²) in [6.07, 6.45) is 0. The lowest BCUT2D eigenvalue weighted by Crippen LogP contribution is -1.82. The van der Waals surface area contributed by atoms with Gasteiger partial charge in [0.05, 0.1) is 11.4 Å². The van der Waals surface area contributed by atoms with E-state index in [-0.39, 0.29) is 0 Å². The van der Waals surface area contributed by atoms with Crippen LogP contribution < -0.4 is 5.73 Å². The molecular formula is C8H7ClN4. The molecule has 0 unspecified atom stereocenters. The van der Waals surface area contributed by atoms with Gasteiger partial charge in [-0.25, -0.2) is 4.98 Å². The fraction of sp³-hybridized carbons (Fsp3) is 0. The van der Waals surface area contributed by atoms with Gasteiger partial charge in [-0.15, -0.1) is 0 Å². The summed E-state index contributed by atoms with van der Waals surface area (Å²) in [4.78, 5) is 4.10. The number of H-pyrrole nitrogens is 1. The first-order chi connectivity index (χ1) is 6.25. The number of nitrogens with one attached hydrogen (secondary N) is 1. The second-order valence-corrected chi connectivity index (χ2v) is 2.94. The highest BCUT2D eigenvalue weighted by atomic mass is 35.5. The Hall–Kier alpha value is -1.55. The van der Waals surface area contributed by atoms with Crippen molar-refractivity contribution in [2.75, 3.05) is 5.73 Å². The van der Waals surface area contributed by atoms with E-state index < -0.39 is 0 Å². The summed E-state index contributed by atoms with van der Waals surface area (Å²) in [5, 5.41) is 6.99. The lowest BCUT2D eigenvalue weighted by molar-refractivity contribution is 1.09. The van der Waals surface area contributed by atoms with Crippen LogP contribution in [0.15, 0.2) is 24.3 Å². The van der Waals surface area contributed by atoms with E-state index in [0.717, 1.165) is 11.4 Å². The SMILES string of the molecule is Nc1cc(-c2cccc(Cl)n2)[nH]n1. The third kappa shape index (κ3) is 1.62. The predicted octanol–water partition coefficient (Wildman–Crippen LogP) is 1.71.